The summed E-state index contributed by atoms with van der Waals surface area (Å²) in [7, 11) is 0. The van der Waals surface area contributed by atoms with Gasteiger partial charge in [-0.15, -0.1) is 0 Å². The standard InChI is InChI=1S/C16H16Cl2N2/c17-14-6-3-7-15(18)13(14)9-16(20-19)12-8-10-4-1-2-5-11(10)12/h1-7,12,16,20H,8-9,19H2. The largest absolute Gasteiger partial charge is 0.271 e. The van der Waals surface area contributed by atoms with Crippen molar-refractivity contribution in [2.75, 3.05) is 0 Å². The summed E-state index contributed by atoms with van der Waals surface area (Å²) < 4.78 is 0. The molecule has 0 aromatic heterocycles. The molecule has 0 amide bonds. The molecule has 1 aliphatic rings. The van der Waals surface area contributed by atoms with Crippen LogP contribution in [0, 0.1) is 0 Å². The summed E-state index contributed by atoms with van der Waals surface area (Å²) in [6.45, 7) is 0. The molecule has 0 saturated carbocycles. The Morgan fingerprint density at radius 1 is 1.10 bits per heavy atom. The second-order valence-electron chi connectivity index (χ2n) is 5.19. The van der Waals surface area contributed by atoms with Gasteiger partial charge in [0, 0.05) is 22.0 Å². The average Bonchev–Trinajstić information content (AvgIpc) is 2.42. The molecule has 0 saturated heterocycles. The summed E-state index contributed by atoms with van der Waals surface area (Å²) in [5.74, 6) is 6.17. The minimum Gasteiger partial charge on any atom is -0.271 e. The number of hydrogen-bond donors (Lipinski definition) is 2. The zero-order valence-electron chi connectivity index (χ0n) is 10.9. The molecule has 104 valence electrons. The average molecular weight is 307 g/mol. The van der Waals surface area contributed by atoms with Crippen molar-refractivity contribution < 1.29 is 0 Å². The number of benzene rings is 2. The molecule has 2 unspecified atom stereocenters. The van der Waals surface area contributed by atoms with Crippen molar-refractivity contribution >= 4 is 23.2 Å². The molecule has 0 bridgehead atoms. The van der Waals surface area contributed by atoms with Crippen molar-refractivity contribution in [3.8, 4) is 0 Å². The molecule has 1 aliphatic carbocycles. The van der Waals surface area contributed by atoms with Gasteiger partial charge in [0.1, 0.15) is 0 Å². The Bertz CT molecular complexity index is 607. The molecular formula is C16H16Cl2N2. The van der Waals surface area contributed by atoms with Crippen molar-refractivity contribution in [2.24, 2.45) is 5.84 Å². The number of hydrogen-bond acceptors (Lipinski definition) is 2. The zero-order chi connectivity index (χ0) is 14.1. The Hall–Kier alpha value is -1.06. The number of nitrogens with two attached hydrogens (primary N) is 1. The van der Waals surface area contributed by atoms with E-state index in [2.05, 4.69) is 29.7 Å². The Kier molecular flexibility index (Phi) is 3.99. The molecular weight excluding hydrogens is 291 g/mol. The van der Waals surface area contributed by atoms with E-state index in [-0.39, 0.29) is 6.04 Å². The van der Waals surface area contributed by atoms with E-state index in [0.29, 0.717) is 16.0 Å². The number of nitrogens with one attached hydrogen (secondary N) is 1. The Morgan fingerprint density at radius 3 is 2.45 bits per heavy atom. The number of halogens is 2. The van der Waals surface area contributed by atoms with E-state index in [1.165, 1.54) is 11.1 Å². The SMILES string of the molecule is NNC(Cc1c(Cl)cccc1Cl)C1Cc2ccccc21. The molecule has 2 aromatic carbocycles. The van der Waals surface area contributed by atoms with E-state index >= 15 is 0 Å². The van der Waals surface area contributed by atoms with Gasteiger partial charge in [-0.3, -0.25) is 11.3 Å². The summed E-state index contributed by atoms with van der Waals surface area (Å²) in [6, 6.07) is 14.2. The van der Waals surface area contributed by atoms with Gasteiger partial charge in [-0.1, -0.05) is 53.5 Å². The minimum absolute atomic E-state index is 0.141. The molecule has 0 fully saturated rings. The van der Waals surface area contributed by atoms with E-state index in [1.54, 1.807) is 0 Å². The van der Waals surface area contributed by atoms with Crippen LogP contribution in [0.2, 0.25) is 10.0 Å². The molecule has 2 aromatic rings. The maximum atomic E-state index is 6.24. The first kappa shape index (κ1) is 13.9. The first-order valence-corrected chi connectivity index (χ1v) is 7.43. The molecule has 0 aliphatic heterocycles. The number of rotatable bonds is 4. The van der Waals surface area contributed by atoms with Gasteiger partial charge in [0.15, 0.2) is 0 Å². The summed E-state index contributed by atoms with van der Waals surface area (Å²) >= 11 is 12.5. The zero-order valence-corrected chi connectivity index (χ0v) is 12.5. The van der Waals surface area contributed by atoms with Gasteiger partial charge in [-0.25, -0.2) is 0 Å². The topological polar surface area (TPSA) is 38.0 Å². The third kappa shape index (κ3) is 2.45. The van der Waals surface area contributed by atoms with Crippen LogP contribution in [0.1, 0.15) is 22.6 Å². The molecule has 0 heterocycles. The van der Waals surface area contributed by atoms with Gasteiger partial charge in [0.25, 0.3) is 0 Å². The first-order valence-electron chi connectivity index (χ1n) is 6.67. The van der Waals surface area contributed by atoms with Crippen molar-refractivity contribution in [2.45, 2.75) is 24.8 Å². The Balaban J connectivity index is 1.83. The summed E-state index contributed by atoms with van der Waals surface area (Å²) in [6.07, 6.45) is 1.78. The van der Waals surface area contributed by atoms with Crippen molar-refractivity contribution in [3.05, 3.63) is 69.2 Å². The minimum atomic E-state index is 0.141. The first-order chi connectivity index (χ1) is 9.70. The molecule has 3 N–H and O–H groups in total. The lowest BCUT2D eigenvalue weighted by atomic mass is 9.72. The van der Waals surface area contributed by atoms with Crippen LogP contribution in [0.3, 0.4) is 0 Å². The molecule has 2 atom stereocenters. The predicted molar refractivity (Wildman–Crippen MR) is 84.2 cm³/mol. The van der Waals surface area contributed by atoms with E-state index in [9.17, 15) is 0 Å². The summed E-state index contributed by atoms with van der Waals surface area (Å²) in [5, 5.41) is 1.40. The van der Waals surface area contributed by atoms with Crippen LogP contribution in [-0.2, 0) is 12.8 Å². The van der Waals surface area contributed by atoms with Gasteiger partial charge >= 0.3 is 0 Å². The second kappa shape index (κ2) is 5.74. The highest BCUT2D eigenvalue weighted by molar-refractivity contribution is 6.36. The normalized spacial score (nSPS) is 18.2. The second-order valence-corrected chi connectivity index (χ2v) is 6.00. The smallest absolute Gasteiger partial charge is 0.0453 e. The third-order valence-electron chi connectivity index (χ3n) is 4.08. The van der Waals surface area contributed by atoms with Crippen LogP contribution in [0.5, 0.6) is 0 Å². The van der Waals surface area contributed by atoms with Gasteiger partial charge in [0.2, 0.25) is 0 Å². The monoisotopic (exact) mass is 306 g/mol. The van der Waals surface area contributed by atoms with Crippen LogP contribution in [0.4, 0.5) is 0 Å². The van der Waals surface area contributed by atoms with Crippen LogP contribution in [-0.4, -0.2) is 6.04 Å². The molecule has 3 rings (SSSR count). The Morgan fingerprint density at radius 2 is 1.80 bits per heavy atom. The Labute approximate surface area is 128 Å². The molecule has 20 heavy (non-hydrogen) atoms. The van der Waals surface area contributed by atoms with Gasteiger partial charge in [-0.2, -0.15) is 0 Å². The van der Waals surface area contributed by atoms with Gasteiger partial charge in [-0.05, 0) is 41.7 Å². The number of hydrazine groups is 1. The highest BCUT2D eigenvalue weighted by Crippen LogP contribution is 2.39. The highest BCUT2D eigenvalue weighted by Gasteiger charge is 2.32. The van der Waals surface area contributed by atoms with Crippen LogP contribution in [0.25, 0.3) is 0 Å². The van der Waals surface area contributed by atoms with Crippen LogP contribution < -0.4 is 11.3 Å². The number of fused-ring (bicyclic) bond motifs is 1. The fourth-order valence-corrected chi connectivity index (χ4v) is 3.47. The summed E-state index contributed by atoms with van der Waals surface area (Å²) in [4.78, 5) is 0. The maximum absolute atomic E-state index is 6.24. The molecule has 0 radical (unpaired) electrons. The lowest BCUT2D eigenvalue weighted by Gasteiger charge is -2.36. The van der Waals surface area contributed by atoms with Crippen LogP contribution in [0.15, 0.2) is 42.5 Å². The predicted octanol–water partition coefficient (Wildman–Crippen LogP) is 3.71. The van der Waals surface area contributed by atoms with Crippen molar-refractivity contribution in [1.82, 2.24) is 5.43 Å². The molecule has 4 heteroatoms. The highest BCUT2D eigenvalue weighted by atomic mass is 35.5. The quantitative estimate of drug-likeness (QED) is 0.667. The lowest BCUT2D eigenvalue weighted by molar-refractivity contribution is 0.404. The van der Waals surface area contributed by atoms with E-state index < -0.39 is 0 Å². The maximum Gasteiger partial charge on any atom is 0.0453 e. The van der Waals surface area contributed by atoms with E-state index in [1.807, 2.05) is 18.2 Å². The molecule has 2 nitrogen and oxygen atoms in total. The lowest BCUT2D eigenvalue weighted by Crippen LogP contribution is -2.45. The fraction of sp³-hybridized carbons (Fsp3) is 0.250. The van der Waals surface area contributed by atoms with Crippen molar-refractivity contribution in [3.63, 3.8) is 0 Å². The van der Waals surface area contributed by atoms with E-state index in [0.717, 1.165) is 18.4 Å². The van der Waals surface area contributed by atoms with Gasteiger partial charge < -0.3 is 0 Å². The molecule has 0 spiro atoms. The van der Waals surface area contributed by atoms with Crippen molar-refractivity contribution in [1.29, 1.82) is 0 Å². The van der Waals surface area contributed by atoms with Gasteiger partial charge in [0.05, 0.1) is 0 Å². The third-order valence-corrected chi connectivity index (χ3v) is 4.79. The fourth-order valence-electron chi connectivity index (χ4n) is 2.92. The van der Waals surface area contributed by atoms with Crippen LogP contribution >= 0.6 is 23.2 Å². The van der Waals surface area contributed by atoms with E-state index in [4.69, 9.17) is 29.0 Å². The summed E-state index contributed by atoms with van der Waals surface area (Å²) in [5.41, 5.74) is 6.67.